The minimum atomic E-state index is -0.208. The monoisotopic (exact) mass is 199 g/mol. The van der Waals surface area contributed by atoms with Gasteiger partial charge in [0, 0.05) is 6.42 Å². The van der Waals surface area contributed by atoms with Gasteiger partial charge in [0.15, 0.2) is 5.82 Å². The maximum Gasteiger partial charge on any atom is 0.243 e. The van der Waals surface area contributed by atoms with Crippen molar-refractivity contribution in [3.05, 3.63) is 11.7 Å². The summed E-state index contributed by atoms with van der Waals surface area (Å²) in [5.74, 6) is 1.29. The lowest BCUT2D eigenvalue weighted by atomic mass is 10.0. The zero-order chi connectivity index (χ0) is 10.6. The van der Waals surface area contributed by atoms with Crippen LogP contribution in [0.2, 0.25) is 0 Å². The highest BCUT2D eigenvalue weighted by atomic mass is 16.5. The molecule has 1 rings (SSSR count). The zero-order valence-corrected chi connectivity index (χ0v) is 8.60. The molecule has 0 saturated carbocycles. The van der Waals surface area contributed by atoms with Crippen molar-refractivity contribution < 1.29 is 9.63 Å². The molecule has 1 aromatic heterocycles. The summed E-state index contributed by atoms with van der Waals surface area (Å²) >= 11 is 0. The van der Waals surface area contributed by atoms with Gasteiger partial charge in [0.2, 0.25) is 5.89 Å². The first-order valence-corrected chi connectivity index (χ1v) is 4.88. The number of aliphatic hydroxyl groups is 1. The summed E-state index contributed by atoms with van der Waals surface area (Å²) in [7, 11) is 0. The molecule has 3 N–H and O–H groups in total. The van der Waals surface area contributed by atoms with Crippen LogP contribution in [-0.4, -0.2) is 21.9 Å². The van der Waals surface area contributed by atoms with Crippen LogP contribution in [0, 0.1) is 5.92 Å². The molecule has 5 heteroatoms. The molecule has 0 aliphatic carbocycles. The number of aliphatic hydroxyl groups excluding tert-OH is 1. The summed E-state index contributed by atoms with van der Waals surface area (Å²) < 4.78 is 5.00. The van der Waals surface area contributed by atoms with Gasteiger partial charge in [-0.05, 0) is 5.92 Å². The third kappa shape index (κ3) is 2.52. The van der Waals surface area contributed by atoms with E-state index in [1.807, 2.05) is 6.92 Å². The van der Waals surface area contributed by atoms with Crippen molar-refractivity contribution in [2.24, 2.45) is 11.7 Å². The van der Waals surface area contributed by atoms with Crippen LogP contribution >= 0.6 is 0 Å². The molecule has 2 atom stereocenters. The second-order valence-corrected chi connectivity index (χ2v) is 3.43. The molecule has 1 heterocycles. The highest BCUT2D eigenvalue weighted by molar-refractivity contribution is 4.93. The zero-order valence-electron chi connectivity index (χ0n) is 8.60. The predicted molar refractivity (Wildman–Crippen MR) is 51.5 cm³/mol. The molecule has 0 saturated heterocycles. The third-order valence-corrected chi connectivity index (χ3v) is 2.36. The van der Waals surface area contributed by atoms with E-state index in [1.165, 1.54) is 0 Å². The Morgan fingerprint density at radius 3 is 2.86 bits per heavy atom. The van der Waals surface area contributed by atoms with Gasteiger partial charge in [-0.3, -0.25) is 0 Å². The summed E-state index contributed by atoms with van der Waals surface area (Å²) in [4.78, 5) is 4.11. The molecule has 80 valence electrons. The summed E-state index contributed by atoms with van der Waals surface area (Å²) in [5, 5.41) is 12.4. The molecule has 0 amide bonds. The van der Waals surface area contributed by atoms with Crippen LogP contribution in [0.3, 0.4) is 0 Å². The van der Waals surface area contributed by atoms with Gasteiger partial charge in [-0.15, -0.1) is 0 Å². The Bertz CT molecular complexity index is 275. The third-order valence-electron chi connectivity index (χ3n) is 2.36. The Labute approximate surface area is 83.3 Å². The van der Waals surface area contributed by atoms with Crippen LogP contribution in [0.15, 0.2) is 4.52 Å². The van der Waals surface area contributed by atoms with E-state index in [9.17, 15) is 0 Å². The van der Waals surface area contributed by atoms with Gasteiger partial charge in [-0.2, -0.15) is 4.98 Å². The molecule has 5 nitrogen and oxygen atoms in total. The smallest absolute Gasteiger partial charge is 0.243 e. The van der Waals surface area contributed by atoms with Crippen LogP contribution in [0.4, 0.5) is 0 Å². The molecule has 0 spiro atoms. The van der Waals surface area contributed by atoms with Crippen molar-refractivity contribution in [3.8, 4) is 0 Å². The number of hydrogen-bond donors (Lipinski definition) is 2. The molecule has 0 bridgehead atoms. The van der Waals surface area contributed by atoms with Crippen molar-refractivity contribution in [3.63, 3.8) is 0 Å². The van der Waals surface area contributed by atoms with Crippen molar-refractivity contribution in [2.45, 2.75) is 32.7 Å². The summed E-state index contributed by atoms with van der Waals surface area (Å²) in [6.45, 7) is 4.13. The van der Waals surface area contributed by atoms with Crippen molar-refractivity contribution >= 4 is 0 Å². The lowest BCUT2D eigenvalue weighted by Gasteiger charge is -2.12. The van der Waals surface area contributed by atoms with Crippen molar-refractivity contribution in [1.29, 1.82) is 0 Å². The molecular weight excluding hydrogens is 182 g/mol. The molecule has 0 radical (unpaired) electrons. The van der Waals surface area contributed by atoms with E-state index in [0.717, 1.165) is 6.42 Å². The minimum Gasteiger partial charge on any atom is -0.396 e. The summed E-state index contributed by atoms with van der Waals surface area (Å²) in [5.41, 5.74) is 5.90. The second kappa shape index (κ2) is 5.07. The molecule has 0 unspecified atom stereocenters. The van der Waals surface area contributed by atoms with Crippen LogP contribution < -0.4 is 5.73 Å². The Balaban J connectivity index is 2.65. The topological polar surface area (TPSA) is 85.2 Å². The molecule has 0 aliphatic rings. The number of hydrogen-bond acceptors (Lipinski definition) is 5. The number of aromatic nitrogens is 2. The summed E-state index contributed by atoms with van der Waals surface area (Å²) in [6.07, 6.45) is 1.38. The fraction of sp³-hybridized carbons (Fsp3) is 0.778. The van der Waals surface area contributed by atoms with Gasteiger partial charge >= 0.3 is 0 Å². The van der Waals surface area contributed by atoms with Crippen LogP contribution in [0.1, 0.15) is 38.0 Å². The first-order chi connectivity index (χ1) is 6.69. The minimum absolute atomic E-state index is 0.0253. The highest BCUT2D eigenvalue weighted by Gasteiger charge is 2.19. The van der Waals surface area contributed by atoms with Crippen molar-refractivity contribution in [1.82, 2.24) is 10.1 Å². The number of nitrogens with zero attached hydrogens (tertiary/aromatic N) is 2. The highest BCUT2D eigenvalue weighted by Crippen LogP contribution is 2.19. The number of nitrogens with two attached hydrogens (primary N) is 1. The van der Waals surface area contributed by atoms with E-state index < -0.39 is 0 Å². The van der Waals surface area contributed by atoms with Gasteiger partial charge < -0.3 is 15.4 Å². The second-order valence-electron chi connectivity index (χ2n) is 3.43. The lowest BCUT2D eigenvalue weighted by Crippen LogP contribution is -2.18. The quantitative estimate of drug-likeness (QED) is 0.727. The van der Waals surface area contributed by atoms with E-state index in [0.29, 0.717) is 24.1 Å². The molecule has 0 aliphatic heterocycles. The fourth-order valence-electron chi connectivity index (χ4n) is 1.10. The lowest BCUT2D eigenvalue weighted by molar-refractivity contribution is 0.289. The maximum absolute atomic E-state index is 8.67. The van der Waals surface area contributed by atoms with Gasteiger partial charge in [0.25, 0.3) is 0 Å². The first kappa shape index (κ1) is 11.1. The van der Waals surface area contributed by atoms with Crippen molar-refractivity contribution in [2.75, 3.05) is 6.61 Å². The Kier molecular flexibility index (Phi) is 4.03. The molecular formula is C9H17N3O2. The number of rotatable bonds is 5. The molecule has 14 heavy (non-hydrogen) atoms. The maximum atomic E-state index is 8.67. The van der Waals surface area contributed by atoms with E-state index in [1.54, 1.807) is 0 Å². The van der Waals surface area contributed by atoms with Crippen LogP contribution in [-0.2, 0) is 6.42 Å². The predicted octanol–water partition coefficient (Wildman–Crippen LogP) is 0.650. The van der Waals surface area contributed by atoms with E-state index >= 15 is 0 Å². The Morgan fingerprint density at radius 2 is 2.29 bits per heavy atom. The first-order valence-electron chi connectivity index (χ1n) is 4.88. The SMILES string of the molecule is CC[C@H](C)[C@H](N)c1nc(CCO)no1. The molecule has 0 aromatic carbocycles. The Morgan fingerprint density at radius 1 is 1.57 bits per heavy atom. The average Bonchev–Trinajstić information content (AvgIpc) is 2.64. The summed E-state index contributed by atoms with van der Waals surface area (Å²) in [6, 6.07) is -0.208. The average molecular weight is 199 g/mol. The van der Waals surface area contributed by atoms with Gasteiger partial charge in [0.05, 0.1) is 12.6 Å². The molecule has 0 fully saturated rings. The molecule has 1 aromatic rings. The van der Waals surface area contributed by atoms with E-state index in [4.69, 9.17) is 15.4 Å². The fourth-order valence-corrected chi connectivity index (χ4v) is 1.10. The van der Waals surface area contributed by atoms with Gasteiger partial charge in [0.1, 0.15) is 0 Å². The van der Waals surface area contributed by atoms with E-state index in [-0.39, 0.29) is 12.6 Å². The van der Waals surface area contributed by atoms with Gasteiger partial charge in [-0.25, -0.2) is 0 Å². The normalized spacial score (nSPS) is 15.4. The standard InChI is InChI=1S/C9H17N3O2/c1-3-6(2)8(10)9-11-7(4-5-13)12-14-9/h6,8,13H,3-5,10H2,1-2H3/t6-,8-/m0/s1. The largest absolute Gasteiger partial charge is 0.396 e. The van der Waals surface area contributed by atoms with E-state index in [2.05, 4.69) is 17.1 Å². The van der Waals surface area contributed by atoms with Crippen LogP contribution in [0.25, 0.3) is 0 Å². The van der Waals surface area contributed by atoms with Crippen LogP contribution in [0.5, 0.6) is 0 Å². The Hall–Kier alpha value is -0.940. The van der Waals surface area contributed by atoms with Gasteiger partial charge in [-0.1, -0.05) is 25.4 Å².